The highest BCUT2D eigenvalue weighted by atomic mass is 35.5. The number of anilines is 2. The zero-order chi connectivity index (χ0) is 10.7. The van der Waals surface area contributed by atoms with Gasteiger partial charge in [-0.15, -0.1) is 0 Å². The minimum absolute atomic E-state index is 0.284. The predicted octanol–water partition coefficient (Wildman–Crippen LogP) is 1.91. The smallest absolute Gasteiger partial charge is 0.151 e. The lowest BCUT2D eigenvalue weighted by molar-refractivity contribution is 0.0875. The van der Waals surface area contributed by atoms with Crippen LogP contribution in [0.3, 0.4) is 0 Å². The first kappa shape index (κ1) is 10.5. The standard InChI is InChI=1S/C10H14ClN3O/c11-9-4-3-8(12)10(14-9)13-7-2-1-5-15-6-7/h3-4,7H,1-2,5-6,12H2,(H,13,14). The lowest BCUT2D eigenvalue weighted by Gasteiger charge is -2.24. The van der Waals surface area contributed by atoms with Crippen molar-refractivity contribution in [2.45, 2.75) is 18.9 Å². The summed E-state index contributed by atoms with van der Waals surface area (Å²) in [4.78, 5) is 4.14. The number of nitrogens with two attached hydrogens (primary N) is 1. The van der Waals surface area contributed by atoms with Crippen molar-refractivity contribution in [1.82, 2.24) is 4.98 Å². The Kier molecular flexibility index (Phi) is 3.28. The second kappa shape index (κ2) is 4.68. The van der Waals surface area contributed by atoms with Crippen molar-refractivity contribution in [3.63, 3.8) is 0 Å². The number of hydrogen-bond donors (Lipinski definition) is 2. The number of aromatic nitrogens is 1. The summed E-state index contributed by atoms with van der Waals surface area (Å²) in [5.41, 5.74) is 6.40. The SMILES string of the molecule is Nc1ccc(Cl)nc1NC1CCCOC1. The van der Waals surface area contributed by atoms with Crippen LogP contribution in [0.2, 0.25) is 5.15 Å². The predicted molar refractivity (Wildman–Crippen MR) is 61.1 cm³/mol. The first-order valence-electron chi connectivity index (χ1n) is 5.02. The number of nitrogens with zero attached hydrogens (tertiary/aromatic N) is 1. The Bertz CT molecular complexity index is 339. The van der Waals surface area contributed by atoms with E-state index in [0.717, 1.165) is 19.4 Å². The number of hydrogen-bond acceptors (Lipinski definition) is 4. The van der Waals surface area contributed by atoms with Crippen molar-refractivity contribution in [2.75, 3.05) is 24.3 Å². The molecule has 1 aliphatic heterocycles. The molecule has 1 aliphatic rings. The molecule has 0 amide bonds. The van der Waals surface area contributed by atoms with Gasteiger partial charge in [-0.1, -0.05) is 11.6 Å². The minimum Gasteiger partial charge on any atom is -0.396 e. The van der Waals surface area contributed by atoms with E-state index >= 15 is 0 Å². The van der Waals surface area contributed by atoms with Crippen LogP contribution in [-0.4, -0.2) is 24.2 Å². The highest BCUT2D eigenvalue weighted by molar-refractivity contribution is 6.29. The van der Waals surface area contributed by atoms with Gasteiger partial charge in [-0.25, -0.2) is 4.98 Å². The Hall–Kier alpha value is -1.00. The fourth-order valence-electron chi connectivity index (χ4n) is 1.61. The van der Waals surface area contributed by atoms with Gasteiger partial charge in [0.2, 0.25) is 0 Å². The Morgan fingerprint density at radius 1 is 1.53 bits per heavy atom. The molecule has 0 saturated carbocycles. The molecule has 82 valence electrons. The van der Waals surface area contributed by atoms with Crippen LogP contribution < -0.4 is 11.1 Å². The van der Waals surface area contributed by atoms with Crippen LogP contribution in [0.5, 0.6) is 0 Å². The van der Waals surface area contributed by atoms with E-state index in [2.05, 4.69) is 10.3 Å². The molecule has 1 atom stereocenters. The minimum atomic E-state index is 0.284. The van der Waals surface area contributed by atoms with Crippen LogP contribution in [0.25, 0.3) is 0 Å². The molecule has 2 rings (SSSR count). The van der Waals surface area contributed by atoms with E-state index in [-0.39, 0.29) is 6.04 Å². The van der Waals surface area contributed by atoms with Crippen LogP contribution in [-0.2, 0) is 4.74 Å². The zero-order valence-electron chi connectivity index (χ0n) is 8.37. The third-order valence-corrected chi connectivity index (χ3v) is 2.60. The maximum atomic E-state index is 5.80. The molecule has 1 fully saturated rings. The number of pyridine rings is 1. The molecule has 0 bridgehead atoms. The van der Waals surface area contributed by atoms with E-state index in [1.54, 1.807) is 12.1 Å². The largest absolute Gasteiger partial charge is 0.396 e. The topological polar surface area (TPSA) is 60.2 Å². The molecule has 2 heterocycles. The maximum Gasteiger partial charge on any atom is 0.151 e. The summed E-state index contributed by atoms with van der Waals surface area (Å²) in [5.74, 6) is 0.651. The molecule has 1 aromatic heterocycles. The van der Waals surface area contributed by atoms with Crippen molar-refractivity contribution < 1.29 is 4.74 Å². The zero-order valence-corrected chi connectivity index (χ0v) is 9.13. The Balaban J connectivity index is 2.05. The molecule has 1 aromatic rings. The van der Waals surface area contributed by atoms with Gasteiger partial charge in [-0.2, -0.15) is 0 Å². The van der Waals surface area contributed by atoms with Gasteiger partial charge < -0.3 is 15.8 Å². The van der Waals surface area contributed by atoms with Gasteiger partial charge in [0, 0.05) is 6.61 Å². The molecule has 0 aromatic carbocycles. The molecule has 15 heavy (non-hydrogen) atoms. The van der Waals surface area contributed by atoms with Gasteiger partial charge in [0.15, 0.2) is 5.82 Å². The number of halogens is 1. The molecule has 0 radical (unpaired) electrons. The summed E-state index contributed by atoms with van der Waals surface area (Å²) >= 11 is 5.80. The molecule has 1 unspecified atom stereocenters. The summed E-state index contributed by atoms with van der Waals surface area (Å²) in [6, 6.07) is 3.72. The summed E-state index contributed by atoms with van der Waals surface area (Å²) in [7, 11) is 0. The third-order valence-electron chi connectivity index (χ3n) is 2.39. The van der Waals surface area contributed by atoms with Gasteiger partial charge in [-0.3, -0.25) is 0 Å². The van der Waals surface area contributed by atoms with Crippen LogP contribution in [0.1, 0.15) is 12.8 Å². The van der Waals surface area contributed by atoms with E-state index in [9.17, 15) is 0 Å². The number of ether oxygens (including phenoxy) is 1. The number of rotatable bonds is 2. The quantitative estimate of drug-likeness (QED) is 0.758. The first-order chi connectivity index (χ1) is 7.25. The highest BCUT2D eigenvalue weighted by Crippen LogP contribution is 2.21. The van der Waals surface area contributed by atoms with Crippen molar-refractivity contribution in [3.05, 3.63) is 17.3 Å². The molecule has 4 nitrogen and oxygen atoms in total. The molecular weight excluding hydrogens is 214 g/mol. The highest BCUT2D eigenvalue weighted by Gasteiger charge is 2.15. The first-order valence-corrected chi connectivity index (χ1v) is 5.40. The fraction of sp³-hybridized carbons (Fsp3) is 0.500. The van der Waals surface area contributed by atoms with Crippen molar-refractivity contribution in [1.29, 1.82) is 0 Å². The molecule has 1 saturated heterocycles. The van der Waals surface area contributed by atoms with Crippen LogP contribution >= 0.6 is 11.6 Å². The lowest BCUT2D eigenvalue weighted by Crippen LogP contribution is -2.30. The van der Waals surface area contributed by atoms with E-state index in [0.29, 0.717) is 23.3 Å². The van der Waals surface area contributed by atoms with E-state index in [1.165, 1.54) is 0 Å². The molecule has 5 heteroatoms. The van der Waals surface area contributed by atoms with Gasteiger partial charge in [-0.05, 0) is 25.0 Å². The molecule has 0 aliphatic carbocycles. The average Bonchev–Trinajstić information content (AvgIpc) is 2.25. The third kappa shape index (κ3) is 2.73. The number of nitrogens with one attached hydrogen (secondary N) is 1. The van der Waals surface area contributed by atoms with E-state index in [1.807, 2.05) is 0 Å². The lowest BCUT2D eigenvalue weighted by atomic mass is 10.1. The molecule has 3 N–H and O–H groups in total. The van der Waals surface area contributed by atoms with E-state index < -0.39 is 0 Å². The summed E-state index contributed by atoms with van der Waals surface area (Å²) in [6.45, 7) is 1.55. The fourth-order valence-corrected chi connectivity index (χ4v) is 1.76. The van der Waals surface area contributed by atoms with Crippen LogP contribution in [0.15, 0.2) is 12.1 Å². The Morgan fingerprint density at radius 2 is 2.40 bits per heavy atom. The maximum absolute atomic E-state index is 5.80. The van der Waals surface area contributed by atoms with Gasteiger partial charge in [0.05, 0.1) is 18.3 Å². The second-order valence-corrected chi connectivity index (χ2v) is 4.02. The Labute approximate surface area is 93.8 Å². The van der Waals surface area contributed by atoms with Gasteiger partial charge in [0.25, 0.3) is 0 Å². The average molecular weight is 228 g/mol. The second-order valence-electron chi connectivity index (χ2n) is 3.63. The normalized spacial score (nSPS) is 21.3. The van der Waals surface area contributed by atoms with Crippen molar-refractivity contribution >= 4 is 23.1 Å². The van der Waals surface area contributed by atoms with Gasteiger partial charge in [0.1, 0.15) is 5.15 Å². The van der Waals surface area contributed by atoms with Gasteiger partial charge >= 0.3 is 0 Å². The summed E-state index contributed by atoms with van der Waals surface area (Å²) in [6.07, 6.45) is 2.14. The van der Waals surface area contributed by atoms with E-state index in [4.69, 9.17) is 22.1 Å². The van der Waals surface area contributed by atoms with Crippen LogP contribution in [0.4, 0.5) is 11.5 Å². The Morgan fingerprint density at radius 3 is 3.13 bits per heavy atom. The molecular formula is C10H14ClN3O. The monoisotopic (exact) mass is 227 g/mol. The summed E-state index contributed by atoms with van der Waals surface area (Å²) in [5, 5.41) is 3.69. The van der Waals surface area contributed by atoms with Crippen LogP contribution in [0, 0.1) is 0 Å². The number of nitrogen functional groups attached to an aromatic ring is 1. The molecule has 0 spiro atoms. The van der Waals surface area contributed by atoms with Crippen molar-refractivity contribution in [3.8, 4) is 0 Å². The van der Waals surface area contributed by atoms with Crippen molar-refractivity contribution in [2.24, 2.45) is 0 Å². The summed E-state index contributed by atoms with van der Waals surface area (Å²) < 4.78 is 5.36.